The second-order valence-electron chi connectivity index (χ2n) is 3.84. The molecule has 1 heterocycles. The number of hydrogen-bond acceptors (Lipinski definition) is 2. The highest BCUT2D eigenvalue weighted by Crippen LogP contribution is 2.15. The summed E-state index contributed by atoms with van der Waals surface area (Å²) in [4.78, 5) is 3.94. The molecule has 1 aromatic rings. The lowest BCUT2D eigenvalue weighted by Crippen LogP contribution is -2.29. The van der Waals surface area contributed by atoms with Crippen LogP contribution in [0.15, 0.2) is 18.7 Å². The van der Waals surface area contributed by atoms with Crippen LogP contribution < -0.4 is 0 Å². The van der Waals surface area contributed by atoms with Gasteiger partial charge in [-0.15, -0.1) is 0 Å². The van der Waals surface area contributed by atoms with Crippen molar-refractivity contribution in [3.63, 3.8) is 0 Å². The van der Waals surface area contributed by atoms with E-state index in [1.165, 1.54) is 0 Å². The molecule has 1 N–H and O–H groups in total. The highest BCUT2D eigenvalue weighted by atomic mass is 16.3. The summed E-state index contributed by atoms with van der Waals surface area (Å²) < 4.78 is 1.91. The molecule has 0 aromatic carbocycles. The van der Waals surface area contributed by atoms with E-state index < -0.39 is 5.60 Å². The Morgan fingerprint density at radius 3 is 2.85 bits per heavy atom. The maximum atomic E-state index is 9.97. The van der Waals surface area contributed by atoms with E-state index in [0.717, 1.165) is 19.3 Å². The third-order valence-corrected chi connectivity index (χ3v) is 2.15. The van der Waals surface area contributed by atoms with E-state index in [4.69, 9.17) is 0 Å². The molecule has 0 saturated carbocycles. The Bertz CT molecular complexity index is 229. The SMILES string of the molecule is CCCCC(C)(O)Cn1ccnc1. The molecule has 0 aliphatic carbocycles. The molecule has 74 valence electrons. The molecule has 3 nitrogen and oxygen atoms in total. The van der Waals surface area contributed by atoms with Crippen molar-refractivity contribution in [3.05, 3.63) is 18.7 Å². The van der Waals surface area contributed by atoms with Crippen LogP contribution in [-0.2, 0) is 6.54 Å². The normalized spacial score (nSPS) is 15.6. The van der Waals surface area contributed by atoms with Gasteiger partial charge in [0.25, 0.3) is 0 Å². The minimum absolute atomic E-state index is 0.600. The lowest BCUT2D eigenvalue weighted by atomic mass is 9.99. The highest BCUT2D eigenvalue weighted by molar-refractivity contribution is 4.80. The second-order valence-corrected chi connectivity index (χ2v) is 3.84. The van der Waals surface area contributed by atoms with Crippen LogP contribution in [0.3, 0.4) is 0 Å². The third kappa shape index (κ3) is 3.59. The summed E-state index contributed by atoms with van der Waals surface area (Å²) >= 11 is 0. The van der Waals surface area contributed by atoms with Gasteiger partial charge >= 0.3 is 0 Å². The lowest BCUT2D eigenvalue weighted by molar-refractivity contribution is 0.0309. The highest BCUT2D eigenvalue weighted by Gasteiger charge is 2.19. The van der Waals surface area contributed by atoms with Crippen LogP contribution in [0.4, 0.5) is 0 Å². The maximum absolute atomic E-state index is 9.97. The third-order valence-electron chi connectivity index (χ3n) is 2.15. The van der Waals surface area contributed by atoms with Crippen molar-refractivity contribution < 1.29 is 5.11 Å². The Kier molecular flexibility index (Phi) is 3.48. The first-order valence-corrected chi connectivity index (χ1v) is 4.82. The molecular weight excluding hydrogens is 164 g/mol. The van der Waals surface area contributed by atoms with Crippen molar-refractivity contribution >= 4 is 0 Å². The molecule has 1 unspecified atom stereocenters. The van der Waals surface area contributed by atoms with Crippen LogP contribution in [-0.4, -0.2) is 20.3 Å². The van der Waals surface area contributed by atoms with Crippen LogP contribution in [0.5, 0.6) is 0 Å². The summed E-state index contributed by atoms with van der Waals surface area (Å²) in [5.74, 6) is 0. The van der Waals surface area contributed by atoms with Gasteiger partial charge in [0, 0.05) is 12.4 Å². The van der Waals surface area contributed by atoms with Gasteiger partial charge in [0.1, 0.15) is 0 Å². The molecule has 0 fully saturated rings. The van der Waals surface area contributed by atoms with Crippen LogP contribution in [0.1, 0.15) is 33.1 Å². The molecule has 0 amide bonds. The molecule has 0 bridgehead atoms. The Balaban J connectivity index is 2.42. The summed E-state index contributed by atoms with van der Waals surface area (Å²) in [5.41, 5.74) is -0.600. The van der Waals surface area contributed by atoms with Crippen molar-refractivity contribution in [2.45, 2.75) is 45.3 Å². The van der Waals surface area contributed by atoms with Gasteiger partial charge in [0.05, 0.1) is 18.5 Å². The van der Waals surface area contributed by atoms with Crippen LogP contribution in [0.25, 0.3) is 0 Å². The van der Waals surface area contributed by atoms with E-state index in [-0.39, 0.29) is 0 Å². The summed E-state index contributed by atoms with van der Waals surface area (Å²) in [5, 5.41) is 9.97. The van der Waals surface area contributed by atoms with E-state index in [0.29, 0.717) is 6.54 Å². The van der Waals surface area contributed by atoms with Crippen LogP contribution in [0.2, 0.25) is 0 Å². The molecule has 0 radical (unpaired) electrons. The van der Waals surface area contributed by atoms with Crippen molar-refractivity contribution in [3.8, 4) is 0 Å². The number of unbranched alkanes of at least 4 members (excludes halogenated alkanes) is 1. The quantitative estimate of drug-likeness (QED) is 0.754. The van der Waals surface area contributed by atoms with Gasteiger partial charge in [0.15, 0.2) is 0 Å². The number of nitrogens with zero attached hydrogens (tertiary/aromatic N) is 2. The minimum atomic E-state index is -0.600. The van der Waals surface area contributed by atoms with Gasteiger partial charge in [0.2, 0.25) is 0 Å². The maximum Gasteiger partial charge on any atom is 0.0946 e. The molecule has 0 aliphatic heterocycles. The number of aromatic nitrogens is 2. The second kappa shape index (κ2) is 4.42. The number of hydrogen-bond donors (Lipinski definition) is 1. The number of imidazole rings is 1. The number of rotatable bonds is 5. The molecule has 3 heteroatoms. The van der Waals surface area contributed by atoms with E-state index >= 15 is 0 Å². The molecule has 1 atom stereocenters. The van der Waals surface area contributed by atoms with Crippen molar-refractivity contribution in [2.24, 2.45) is 0 Å². The fraction of sp³-hybridized carbons (Fsp3) is 0.700. The van der Waals surface area contributed by atoms with E-state index in [1.54, 1.807) is 12.5 Å². The Labute approximate surface area is 79.4 Å². The zero-order chi connectivity index (χ0) is 9.73. The largest absolute Gasteiger partial charge is 0.388 e. The van der Waals surface area contributed by atoms with Gasteiger partial charge in [-0.1, -0.05) is 19.8 Å². The number of aliphatic hydroxyl groups is 1. The lowest BCUT2D eigenvalue weighted by Gasteiger charge is -2.23. The zero-order valence-electron chi connectivity index (χ0n) is 8.40. The first kappa shape index (κ1) is 10.3. The van der Waals surface area contributed by atoms with E-state index in [1.807, 2.05) is 17.7 Å². The molecule has 1 rings (SSSR count). The Hall–Kier alpha value is -0.830. The zero-order valence-corrected chi connectivity index (χ0v) is 8.40. The van der Waals surface area contributed by atoms with E-state index in [2.05, 4.69) is 11.9 Å². The first-order valence-electron chi connectivity index (χ1n) is 4.82. The smallest absolute Gasteiger partial charge is 0.0946 e. The van der Waals surface area contributed by atoms with Crippen molar-refractivity contribution in [1.29, 1.82) is 0 Å². The predicted molar refractivity (Wildman–Crippen MR) is 52.4 cm³/mol. The molecular formula is C10H18N2O. The fourth-order valence-corrected chi connectivity index (χ4v) is 1.41. The summed E-state index contributed by atoms with van der Waals surface area (Å²) in [7, 11) is 0. The Morgan fingerprint density at radius 2 is 2.31 bits per heavy atom. The topological polar surface area (TPSA) is 38.0 Å². The Morgan fingerprint density at radius 1 is 1.54 bits per heavy atom. The van der Waals surface area contributed by atoms with Gasteiger partial charge in [-0.2, -0.15) is 0 Å². The molecule has 0 saturated heterocycles. The first-order chi connectivity index (χ1) is 6.14. The molecule has 1 aromatic heterocycles. The van der Waals surface area contributed by atoms with Gasteiger partial charge < -0.3 is 9.67 Å². The van der Waals surface area contributed by atoms with E-state index in [9.17, 15) is 5.11 Å². The summed E-state index contributed by atoms with van der Waals surface area (Å²) in [6.45, 7) is 4.64. The van der Waals surface area contributed by atoms with Crippen LogP contribution in [0, 0.1) is 0 Å². The minimum Gasteiger partial charge on any atom is -0.388 e. The van der Waals surface area contributed by atoms with Crippen molar-refractivity contribution in [2.75, 3.05) is 0 Å². The van der Waals surface area contributed by atoms with Gasteiger partial charge in [-0.25, -0.2) is 4.98 Å². The fourth-order valence-electron chi connectivity index (χ4n) is 1.41. The van der Waals surface area contributed by atoms with Gasteiger partial charge in [-0.3, -0.25) is 0 Å². The van der Waals surface area contributed by atoms with Gasteiger partial charge in [-0.05, 0) is 13.3 Å². The predicted octanol–water partition coefficient (Wildman–Crippen LogP) is 1.82. The standard InChI is InChI=1S/C10H18N2O/c1-3-4-5-10(2,13)8-12-7-6-11-9-12/h6-7,9,13H,3-5,8H2,1-2H3. The molecule has 0 aliphatic rings. The molecule has 0 spiro atoms. The summed E-state index contributed by atoms with van der Waals surface area (Å²) in [6.07, 6.45) is 8.39. The van der Waals surface area contributed by atoms with Crippen LogP contribution >= 0.6 is 0 Å². The average Bonchev–Trinajstić information content (AvgIpc) is 2.52. The monoisotopic (exact) mass is 182 g/mol. The summed E-state index contributed by atoms with van der Waals surface area (Å²) in [6, 6.07) is 0. The molecule has 13 heavy (non-hydrogen) atoms. The average molecular weight is 182 g/mol. The van der Waals surface area contributed by atoms with Crippen molar-refractivity contribution in [1.82, 2.24) is 9.55 Å².